The molecule has 1 heterocycles. The molecule has 0 spiro atoms. The molecule has 0 saturated carbocycles. The van der Waals surface area contributed by atoms with Crippen LogP contribution in [0.15, 0.2) is 12.1 Å². The van der Waals surface area contributed by atoms with Gasteiger partial charge in [-0.15, -0.1) is 0 Å². The van der Waals surface area contributed by atoms with E-state index in [-0.39, 0.29) is 24.0 Å². The van der Waals surface area contributed by atoms with Gasteiger partial charge in [-0.25, -0.2) is 0 Å². The van der Waals surface area contributed by atoms with Gasteiger partial charge < -0.3 is 15.8 Å². The zero-order valence-electron chi connectivity index (χ0n) is 10.3. The molecule has 1 aliphatic rings. The number of nitrogens with one attached hydrogen (secondary N) is 1. The summed E-state index contributed by atoms with van der Waals surface area (Å²) in [6, 6.07) is 2.38. The summed E-state index contributed by atoms with van der Waals surface area (Å²) in [6.45, 7) is -1.66. The van der Waals surface area contributed by atoms with Crippen LogP contribution in [-0.2, 0) is 16.0 Å². The third-order valence-corrected chi connectivity index (χ3v) is 3.14. The first-order chi connectivity index (χ1) is 9.26. The van der Waals surface area contributed by atoms with Gasteiger partial charge in [-0.3, -0.25) is 4.79 Å². The highest BCUT2D eigenvalue weighted by atomic mass is 35.5. The number of alkyl halides is 3. The summed E-state index contributed by atoms with van der Waals surface area (Å²) < 4.78 is 40.4. The van der Waals surface area contributed by atoms with Crippen LogP contribution in [-0.4, -0.2) is 25.3 Å². The van der Waals surface area contributed by atoms with Crippen LogP contribution in [0.4, 0.5) is 18.9 Å². The van der Waals surface area contributed by atoms with E-state index in [0.29, 0.717) is 11.3 Å². The lowest BCUT2D eigenvalue weighted by atomic mass is 10.0. The molecule has 3 N–H and O–H groups in total. The van der Waals surface area contributed by atoms with Gasteiger partial charge in [-0.05, 0) is 17.2 Å². The molecule has 20 heavy (non-hydrogen) atoms. The highest BCUT2D eigenvalue weighted by Gasteiger charge is 2.28. The number of carbonyl (C=O) groups excluding carboxylic acids is 1. The van der Waals surface area contributed by atoms with E-state index in [1.54, 1.807) is 12.1 Å². The molecule has 0 aromatic heterocycles. The molecule has 1 atom stereocenters. The minimum Gasteiger partial charge on any atom is -0.370 e. The third-order valence-electron chi connectivity index (χ3n) is 2.81. The van der Waals surface area contributed by atoms with Crippen molar-refractivity contribution in [2.24, 2.45) is 5.73 Å². The van der Waals surface area contributed by atoms with Gasteiger partial charge in [0.1, 0.15) is 6.61 Å². The lowest BCUT2D eigenvalue weighted by Crippen LogP contribution is -2.23. The van der Waals surface area contributed by atoms with Gasteiger partial charge in [-0.1, -0.05) is 17.7 Å². The van der Waals surface area contributed by atoms with Gasteiger partial charge in [0.05, 0.1) is 19.1 Å². The molecule has 1 aliphatic heterocycles. The molecule has 0 saturated heterocycles. The van der Waals surface area contributed by atoms with Crippen molar-refractivity contribution in [3.8, 4) is 0 Å². The predicted octanol–water partition coefficient (Wildman–Crippen LogP) is 2.41. The SMILES string of the molecule is NC(COCC(F)(F)F)c1cc2c(cc1Cl)NC(=O)C2. The summed E-state index contributed by atoms with van der Waals surface area (Å²) in [5.74, 6) is -0.157. The van der Waals surface area contributed by atoms with Gasteiger partial charge >= 0.3 is 6.18 Å². The summed E-state index contributed by atoms with van der Waals surface area (Å²) in [5, 5.41) is 2.91. The van der Waals surface area contributed by atoms with Crippen LogP contribution in [0.5, 0.6) is 0 Å². The Balaban J connectivity index is 2.05. The number of amides is 1. The number of hydrogen-bond donors (Lipinski definition) is 2. The Bertz CT molecular complexity index is 534. The minimum atomic E-state index is -4.39. The Hall–Kier alpha value is -1.31. The summed E-state index contributed by atoms with van der Waals surface area (Å²) in [7, 11) is 0. The second-order valence-corrected chi connectivity index (χ2v) is 4.90. The van der Waals surface area contributed by atoms with Crippen molar-refractivity contribution in [2.45, 2.75) is 18.6 Å². The second kappa shape index (κ2) is 5.59. The number of benzene rings is 1. The number of carbonyl (C=O) groups is 1. The van der Waals surface area contributed by atoms with Crippen LogP contribution < -0.4 is 11.1 Å². The van der Waals surface area contributed by atoms with Crippen molar-refractivity contribution in [1.29, 1.82) is 0 Å². The maximum absolute atomic E-state index is 12.0. The molecule has 1 amide bonds. The number of anilines is 1. The summed E-state index contributed by atoms with van der Waals surface area (Å²) >= 11 is 6.01. The predicted molar refractivity (Wildman–Crippen MR) is 67.6 cm³/mol. The smallest absolute Gasteiger partial charge is 0.370 e. The van der Waals surface area contributed by atoms with Gasteiger partial charge in [0, 0.05) is 10.7 Å². The van der Waals surface area contributed by atoms with E-state index in [1.165, 1.54) is 0 Å². The maximum Gasteiger partial charge on any atom is 0.411 e. The van der Waals surface area contributed by atoms with Gasteiger partial charge in [0.25, 0.3) is 0 Å². The summed E-state index contributed by atoms with van der Waals surface area (Å²) in [6.07, 6.45) is -4.19. The number of hydrogen-bond acceptors (Lipinski definition) is 3. The molecule has 1 aromatic carbocycles. The van der Waals surface area contributed by atoms with Gasteiger partial charge in [0.15, 0.2) is 0 Å². The largest absolute Gasteiger partial charge is 0.411 e. The first kappa shape index (κ1) is 15.1. The van der Waals surface area contributed by atoms with E-state index in [9.17, 15) is 18.0 Å². The van der Waals surface area contributed by atoms with Crippen LogP contribution in [0.1, 0.15) is 17.2 Å². The molecule has 0 fully saturated rings. The molecule has 4 nitrogen and oxygen atoms in total. The monoisotopic (exact) mass is 308 g/mol. The first-order valence-corrected chi connectivity index (χ1v) is 6.16. The van der Waals surface area contributed by atoms with E-state index in [0.717, 1.165) is 5.56 Å². The van der Waals surface area contributed by atoms with E-state index in [1.807, 2.05) is 0 Å². The molecule has 110 valence electrons. The molecule has 0 aliphatic carbocycles. The van der Waals surface area contributed by atoms with Crippen LogP contribution >= 0.6 is 11.6 Å². The molecular formula is C12H12ClF3N2O2. The Labute approximate surface area is 118 Å². The van der Waals surface area contributed by atoms with E-state index in [2.05, 4.69) is 10.1 Å². The van der Waals surface area contributed by atoms with Crippen molar-refractivity contribution in [1.82, 2.24) is 0 Å². The summed E-state index contributed by atoms with van der Waals surface area (Å²) in [4.78, 5) is 11.2. The molecule has 8 heteroatoms. The van der Waals surface area contributed by atoms with Crippen molar-refractivity contribution in [3.63, 3.8) is 0 Å². The van der Waals surface area contributed by atoms with Gasteiger partial charge in [-0.2, -0.15) is 13.2 Å². The molecular weight excluding hydrogens is 297 g/mol. The number of halogens is 4. The van der Waals surface area contributed by atoms with Crippen molar-refractivity contribution in [2.75, 3.05) is 18.5 Å². The fourth-order valence-corrected chi connectivity index (χ4v) is 2.25. The summed E-state index contributed by atoms with van der Waals surface area (Å²) in [5.41, 5.74) is 7.56. The van der Waals surface area contributed by atoms with Crippen molar-refractivity contribution in [3.05, 3.63) is 28.3 Å². The minimum absolute atomic E-state index is 0.157. The Morgan fingerprint density at radius 1 is 1.45 bits per heavy atom. The normalized spacial score (nSPS) is 15.9. The third kappa shape index (κ3) is 3.62. The fraction of sp³-hybridized carbons (Fsp3) is 0.417. The lowest BCUT2D eigenvalue weighted by Gasteiger charge is -2.16. The van der Waals surface area contributed by atoms with E-state index in [4.69, 9.17) is 17.3 Å². The Kier molecular flexibility index (Phi) is 4.22. The van der Waals surface area contributed by atoms with Gasteiger partial charge in [0.2, 0.25) is 5.91 Å². The topological polar surface area (TPSA) is 64.3 Å². The standard InChI is InChI=1S/C12H12ClF3N2O2/c13-8-3-10-6(2-11(19)18-10)1-7(8)9(17)4-20-5-12(14,15)16/h1,3,9H,2,4-5,17H2,(H,18,19). The number of fused-ring (bicyclic) bond motifs is 1. The highest BCUT2D eigenvalue weighted by molar-refractivity contribution is 6.32. The zero-order chi connectivity index (χ0) is 14.9. The van der Waals surface area contributed by atoms with Crippen LogP contribution in [0.25, 0.3) is 0 Å². The average molecular weight is 309 g/mol. The molecule has 2 rings (SSSR count). The molecule has 1 aromatic rings. The average Bonchev–Trinajstić information content (AvgIpc) is 2.65. The first-order valence-electron chi connectivity index (χ1n) is 5.78. The van der Waals surface area contributed by atoms with Crippen molar-refractivity contribution >= 4 is 23.2 Å². The lowest BCUT2D eigenvalue weighted by molar-refractivity contribution is -0.174. The van der Waals surface area contributed by atoms with Crippen LogP contribution in [0.3, 0.4) is 0 Å². The molecule has 0 radical (unpaired) electrons. The van der Waals surface area contributed by atoms with Crippen LogP contribution in [0.2, 0.25) is 5.02 Å². The van der Waals surface area contributed by atoms with Crippen molar-refractivity contribution < 1.29 is 22.7 Å². The highest BCUT2D eigenvalue weighted by Crippen LogP contribution is 2.32. The maximum atomic E-state index is 12.0. The quantitative estimate of drug-likeness (QED) is 0.898. The Morgan fingerprint density at radius 2 is 2.15 bits per heavy atom. The number of nitrogens with two attached hydrogens (primary N) is 1. The Morgan fingerprint density at radius 3 is 2.80 bits per heavy atom. The fourth-order valence-electron chi connectivity index (χ4n) is 1.94. The molecule has 1 unspecified atom stereocenters. The molecule has 0 bridgehead atoms. The number of ether oxygens (including phenoxy) is 1. The van der Waals surface area contributed by atoms with E-state index >= 15 is 0 Å². The number of rotatable bonds is 4. The second-order valence-electron chi connectivity index (χ2n) is 4.49. The van der Waals surface area contributed by atoms with Crippen LogP contribution in [0, 0.1) is 0 Å². The van der Waals surface area contributed by atoms with E-state index < -0.39 is 18.8 Å². The zero-order valence-corrected chi connectivity index (χ0v) is 11.0.